The Balaban J connectivity index is 2.12. The van der Waals surface area contributed by atoms with E-state index >= 15 is 0 Å². The molecule has 2 rings (SSSR count). The second-order valence-corrected chi connectivity index (χ2v) is 6.56. The third-order valence-electron chi connectivity index (χ3n) is 4.02. The van der Waals surface area contributed by atoms with E-state index in [-0.39, 0.29) is 11.9 Å². The molecule has 0 amide bonds. The van der Waals surface area contributed by atoms with E-state index in [0.29, 0.717) is 10.5 Å². The summed E-state index contributed by atoms with van der Waals surface area (Å²) in [7, 11) is 0. The first-order chi connectivity index (χ1) is 9.58. The van der Waals surface area contributed by atoms with Crippen molar-refractivity contribution >= 4 is 15.9 Å². The zero-order chi connectivity index (χ0) is 14.5. The number of likely N-dealkylation sites (tertiary alicyclic amines) is 1. The molecule has 2 unspecified atom stereocenters. The van der Waals surface area contributed by atoms with Crippen LogP contribution in [0, 0.1) is 5.82 Å². The van der Waals surface area contributed by atoms with Gasteiger partial charge in [-0.15, -0.1) is 0 Å². The number of hydrogen-bond donors (Lipinski definition) is 1. The Morgan fingerprint density at radius 2 is 2.20 bits per heavy atom. The van der Waals surface area contributed by atoms with Crippen LogP contribution in [0.4, 0.5) is 4.39 Å². The average Bonchev–Trinajstić information content (AvgIpc) is 2.60. The smallest absolute Gasteiger partial charge is 0.137 e. The van der Waals surface area contributed by atoms with Crippen molar-refractivity contribution in [3.63, 3.8) is 0 Å². The van der Waals surface area contributed by atoms with Gasteiger partial charge in [-0.1, -0.05) is 25.0 Å². The van der Waals surface area contributed by atoms with Gasteiger partial charge in [0.2, 0.25) is 0 Å². The zero-order valence-corrected chi connectivity index (χ0v) is 13.6. The fourth-order valence-electron chi connectivity index (χ4n) is 2.99. The Labute approximate surface area is 129 Å². The summed E-state index contributed by atoms with van der Waals surface area (Å²) in [6, 6.07) is 5.60. The third kappa shape index (κ3) is 4.27. The first kappa shape index (κ1) is 15.9. The molecule has 1 heterocycles. The summed E-state index contributed by atoms with van der Waals surface area (Å²) in [5, 5.41) is 9.68. The van der Waals surface area contributed by atoms with Crippen LogP contribution in [-0.2, 0) is 6.54 Å². The summed E-state index contributed by atoms with van der Waals surface area (Å²) in [6.45, 7) is 3.62. The van der Waals surface area contributed by atoms with E-state index in [2.05, 4.69) is 20.8 Å². The van der Waals surface area contributed by atoms with Gasteiger partial charge < -0.3 is 5.11 Å². The Morgan fingerprint density at radius 3 is 2.95 bits per heavy atom. The average molecular weight is 344 g/mol. The highest BCUT2D eigenvalue weighted by molar-refractivity contribution is 9.10. The van der Waals surface area contributed by atoms with Crippen LogP contribution in [0.5, 0.6) is 0 Å². The monoisotopic (exact) mass is 343 g/mol. The molecule has 2 nitrogen and oxygen atoms in total. The number of rotatable bonds is 4. The lowest BCUT2D eigenvalue weighted by Crippen LogP contribution is -2.36. The van der Waals surface area contributed by atoms with Gasteiger partial charge in [-0.3, -0.25) is 4.90 Å². The molecule has 0 radical (unpaired) electrons. The maximum Gasteiger partial charge on any atom is 0.137 e. The standard InChI is InChI=1S/C16H23BrFNO/c1-12(20)10-14-7-3-2-4-9-19(14)11-13-6-5-8-15(18)16(13)17/h5-6,8,12,14,20H,2-4,7,9-11H2,1H3. The number of benzene rings is 1. The van der Waals surface area contributed by atoms with Gasteiger partial charge in [0.15, 0.2) is 0 Å². The van der Waals surface area contributed by atoms with Crippen LogP contribution in [-0.4, -0.2) is 28.7 Å². The summed E-state index contributed by atoms with van der Waals surface area (Å²) < 4.78 is 14.2. The Bertz CT molecular complexity index is 438. The number of nitrogens with zero attached hydrogens (tertiary/aromatic N) is 1. The Kier molecular flexibility index (Phi) is 6.00. The van der Waals surface area contributed by atoms with Gasteiger partial charge in [0, 0.05) is 12.6 Å². The molecule has 1 saturated heterocycles. The molecule has 0 spiro atoms. The predicted molar refractivity (Wildman–Crippen MR) is 83.1 cm³/mol. The molecule has 20 heavy (non-hydrogen) atoms. The molecule has 0 saturated carbocycles. The van der Waals surface area contributed by atoms with Crippen molar-refractivity contribution in [1.29, 1.82) is 0 Å². The van der Waals surface area contributed by atoms with Crippen LogP contribution in [0.3, 0.4) is 0 Å². The van der Waals surface area contributed by atoms with Crippen LogP contribution in [0.15, 0.2) is 22.7 Å². The summed E-state index contributed by atoms with van der Waals surface area (Å²) in [4.78, 5) is 2.40. The lowest BCUT2D eigenvalue weighted by atomic mass is 10.0. The largest absolute Gasteiger partial charge is 0.393 e. The van der Waals surface area contributed by atoms with E-state index in [9.17, 15) is 9.50 Å². The molecule has 1 aliphatic heterocycles. The SMILES string of the molecule is CC(O)CC1CCCCCN1Cc1cccc(F)c1Br. The molecule has 4 heteroatoms. The number of hydrogen-bond acceptors (Lipinski definition) is 2. The highest BCUT2D eigenvalue weighted by Crippen LogP contribution is 2.26. The van der Waals surface area contributed by atoms with Crippen molar-refractivity contribution in [2.24, 2.45) is 0 Å². The first-order valence-electron chi connectivity index (χ1n) is 7.43. The van der Waals surface area contributed by atoms with E-state index in [0.717, 1.165) is 31.5 Å². The van der Waals surface area contributed by atoms with Crippen molar-refractivity contribution in [2.45, 2.75) is 57.7 Å². The molecule has 112 valence electrons. The fraction of sp³-hybridized carbons (Fsp3) is 0.625. The lowest BCUT2D eigenvalue weighted by Gasteiger charge is -2.31. The second-order valence-electron chi connectivity index (χ2n) is 5.77. The van der Waals surface area contributed by atoms with Crippen molar-refractivity contribution in [3.8, 4) is 0 Å². The van der Waals surface area contributed by atoms with Gasteiger partial charge in [-0.25, -0.2) is 4.39 Å². The first-order valence-corrected chi connectivity index (χ1v) is 8.22. The minimum atomic E-state index is -0.281. The topological polar surface area (TPSA) is 23.5 Å². The van der Waals surface area contributed by atoms with Crippen LogP contribution in [0.2, 0.25) is 0 Å². The Morgan fingerprint density at radius 1 is 1.40 bits per heavy atom. The molecule has 0 bridgehead atoms. The molecule has 0 aliphatic carbocycles. The molecular weight excluding hydrogens is 321 g/mol. The van der Waals surface area contributed by atoms with Crippen LogP contribution in [0.25, 0.3) is 0 Å². The molecule has 1 N–H and O–H groups in total. The van der Waals surface area contributed by atoms with Crippen molar-refractivity contribution in [1.82, 2.24) is 4.90 Å². The maximum atomic E-state index is 13.6. The highest BCUT2D eigenvalue weighted by Gasteiger charge is 2.23. The van der Waals surface area contributed by atoms with Crippen molar-refractivity contribution in [2.75, 3.05) is 6.54 Å². The summed E-state index contributed by atoms with van der Waals surface area (Å²) >= 11 is 3.35. The fourth-order valence-corrected chi connectivity index (χ4v) is 3.38. The number of aliphatic hydroxyl groups excluding tert-OH is 1. The Hall–Kier alpha value is -0.450. The molecule has 0 aromatic heterocycles. The molecular formula is C16H23BrFNO. The molecule has 1 aliphatic rings. The quantitative estimate of drug-likeness (QED) is 0.889. The minimum absolute atomic E-state index is 0.204. The molecule has 1 fully saturated rings. The summed E-state index contributed by atoms with van der Waals surface area (Å²) in [6.07, 6.45) is 5.29. The second kappa shape index (κ2) is 7.53. The third-order valence-corrected chi connectivity index (χ3v) is 4.91. The number of aliphatic hydroxyl groups is 1. The highest BCUT2D eigenvalue weighted by atomic mass is 79.9. The van der Waals surface area contributed by atoms with Crippen LogP contribution in [0.1, 0.15) is 44.6 Å². The van der Waals surface area contributed by atoms with Gasteiger partial charge in [0.25, 0.3) is 0 Å². The molecule has 2 atom stereocenters. The van der Waals surface area contributed by atoms with Gasteiger partial charge in [0.05, 0.1) is 10.6 Å². The lowest BCUT2D eigenvalue weighted by molar-refractivity contribution is 0.108. The zero-order valence-electron chi connectivity index (χ0n) is 12.0. The maximum absolute atomic E-state index is 13.6. The van der Waals surface area contributed by atoms with Crippen molar-refractivity contribution < 1.29 is 9.50 Å². The van der Waals surface area contributed by atoms with Gasteiger partial charge in [0.1, 0.15) is 5.82 Å². The van der Waals surface area contributed by atoms with E-state index in [1.54, 1.807) is 6.07 Å². The number of halogens is 2. The predicted octanol–water partition coefficient (Wildman–Crippen LogP) is 4.10. The summed E-state index contributed by atoms with van der Waals surface area (Å²) in [5.41, 5.74) is 0.988. The van der Waals surface area contributed by atoms with Crippen molar-refractivity contribution in [3.05, 3.63) is 34.1 Å². The van der Waals surface area contributed by atoms with E-state index in [1.807, 2.05) is 13.0 Å². The van der Waals surface area contributed by atoms with E-state index in [4.69, 9.17) is 0 Å². The van der Waals surface area contributed by atoms with E-state index < -0.39 is 0 Å². The normalized spacial score (nSPS) is 22.5. The van der Waals surface area contributed by atoms with Crippen LogP contribution >= 0.6 is 15.9 Å². The van der Waals surface area contributed by atoms with Gasteiger partial charge in [-0.2, -0.15) is 0 Å². The van der Waals surface area contributed by atoms with Gasteiger partial charge in [-0.05, 0) is 60.3 Å². The van der Waals surface area contributed by atoms with Crippen LogP contribution < -0.4 is 0 Å². The molecule has 1 aromatic carbocycles. The molecule has 1 aromatic rings. The van der Waals surface area contributed by atoms with E-state index in [1.165, 1.54) is 25.3 Å². The minimum Gasteiger partial charge on any atom is -0.393 e. The summed E-state index contributed by atoms with van der Waals surface area (Å²) in [5.74, 6) is -0.204. The van der Waals surface area contributed by atoms with Gasteiger partial charge >= 0.3 is 0 Å².